The molecular formula is C38H49N7O2. The number of nitrogens with one attached hydrogen (secondary N) is 1. The van der Waals surface area contributed by atoms with Gasteiger partial charge in [0.05, 0.1) is 24.3 Å². The summed E-state index contributed by atoms with van der Waals surface area (Å²) in [4.78, 5) is 26.8. The molecule has 9 nitrogen and oxygen atoms in total. The smallest absolute Gasteiger partial charge is 0.255 e. The van der Waals surface area contributed by atoms with Crippen molar-refractivity contribution in [1.82, 2.24) is 20.1 Å². The van der Waals surface area contributed by atoms with Crippen LogP contribution in [-0.4, -0.2) is 78.3 Å². The van der Waals surface area contributed by atoms with Crippen LogP contribution in [0.25, 0.3) is 16.7 Å². The van der Waals surface area contributed by atoms with Crippen LogP contribution in [0, 0.1) is 0 Å². The first kappa shape index (κ1) is 32.9. The average Bonchev–Trinajstić information content (AvgIpc) is 3.80. The number of nitrogens with two attached hydrogens (primary N) is 2. The number of nitrogens with zero attached hydrogens (tertiary/aromatic N) is 4. The van der Waals surface area contributed by atoms with Crippen LogP contribution in [0.4, 0.5) is 5.82 Å². The molecule has 1 unspecified atom stereocenters. The number of rotatable bonds is 11. The maximum atomic E-state index is 13.2. The van der Waals surface area contributed by atoms with Crippen LogP contribution in [0.5, 0.6) is 0 Å². The van der Waals surface area contributed by atoms with Gasteiger partial charge in [-0.25, -0.2) is 4.98 Å². The number of amides is 1. The Hall–Kier alpha value is -4.05. The molecule has 1 saturated carbocycles. The Balaban J connectivity index is 0.984. The summed E-state index contributed by atoms with van der Waals surface area (Å²) in [6, 6.07) is 20.1. The van der Waals surface area contributed by atoms with Crippen LogP contribution >= 0.6 is 0 Å². The lowest BCUT2D eigenvalue weighted by Crippen LogP contribution is -2.43. The topological polar surface area (TPSA) is 122 Å². The van der Waals surface area contributed by atoms with Gasteiger partial charge in [-0.1, -0.05) is 48.5 Å². The monoisotopic (exact) mass is 635 g/mol. The average molecular weight is 636 g/mol. The lowest BCUT2D eigenvalue weighted by atomic mass is 10.0. The molecule has 248 valence electrons. The van der Waals surface area contributed by atoms with Crippen molar-refractivity contribution in [1.29, 1.82) is 0 Å². The first-order valence-electron chi connectivity index (χ1n) is 17.2. The number of hydrogen-bond donors (Lipinski definition) is 3. The summed E-state index contributed by atoms with van der Waals surface area (Å²) < 4.78 is 6.34. The lowest BCUT2D eigenvalue weighted by Gasteiger charge is -2.36. The highest BCUT2D eigenvalue weighted by atomic mass is 16.5. The molecule has 6 rings (SSSR count). The number of carbonyl (C=O) groups excluding carboxylic acids is 1. The molecule has 0 radical (unpaired) electrons. The molecular weight excluding hydrogens is 586 g/mol. The highest BCUT2D eigenvalue weighted by Gasteiger charge is 2.30. The quantitative estimate of drug-likeness (QED) is 0.246. The predicted octanol–water partition coefficient (Wildman–Crippen LogP) is 5.26. The van der Waals surface area contributed by atoms with Crippen LogP contribution in [0.15, 0.2) is 72.0 Å². The second-order valence-electron chi connectivity index (χ2n) is 13.2. The minimum Gasteiger partial charge on any atom is -0.404 e. The molecule has 2 aliphatic heterocycles. The first-order valence-corrected chi connectivity index (χ1v) is 17.2. The fourth-order valence-corrected chi connectivity index (χ4v) is 7.31. The third-order valence-electron chi connectivity index (χ3n) is 10.0. The summed E-state index contributed by atoms with van der Waals surface area (Å²) >= 11 is 0. The molecule has 3 fully saturated rings. The summed E-state index contributed by atoms with van der Waals surface area (Å²) in [5, 5.41) is 3.14. The van der Waals surface area contributed by atoms with E-state index in [1.807, 2.05) is 0 Å². The number of anilines is 1. The molecule has 2 aromatic carbocycles. The minimum atomic E-state index is -0.264. The van der Waals surface area contributed by atoms with Gasteiger partial charge in [-0.15, -0.1) is 0 Å². The van der Waals surface area contributed by atoms with Gasteiger partial charge in [0.1, 0.15) is 5.82 Å². The minimum absolute atomic E-state index is 0.0683. The Bertz CT molecular complexity index is 1540. The zero-order valence-electron chi connectivity index (χ0n) is 27.6. The highest BCUT2D eigenvalue weighted by molar-refractivity contribution is 6.10. The number of pyridine rings is 1. The number of benzene rings is 2. The van der Waals surface area contributed by atoms with E-state index >= 15 is 0 Å². The van der Waals surface area contributed by atoms with E-state index in [9.17, 15) is 4.79 Å². The molecule has 1 aromatic heterocycles. The Kier molecular flexibility index (Phi) is 11.0. The number of hydrogen-bond acceptors (Lipinski definition) is 8. The Morgan fingerprint density at radius 3 is 2.30 bits per heavy atom. The molecule has 9 heteroatoms. The predicted molar refractivity (Wildman–Crippen MR) is 190 cm³/mol. The summed E-state index contributed by atoms with van der Waals surface area (Å²) in [7, 11) is 1.66. The number of aliphatic imine (C=N–C) groups is 1. The second-order valence-corrected chi connectivity index (χ2v) is 13.2. The van der Waals surface area contributed by atoms with E-state index in [0.29, 0.717) is 23.3 Å². The molecule has 0 spiro atoms. The molecule has 3 aliphatic rings. The fourth-order valence-electron chi connectivity index (χ4n) is 7.31. The number of likely N-dealkylation sites (tertiary alicyclic amines) is 2. The first-order chi connectivity index (χ1) is 23.0. The van der Waals surface area contributed by atoms with Crippen molar-refractivity contribution in [2.24, 2.45) is 10.7 Å². The van der Waals surface area contributed by atoms with Gasteiger partial charge in [0.25, 0.3) is 5.91 Å². The number of aromatic nitrogens is 1. The van der Waals surface area contributed by atoms with E-state index in [-0.39, 0.29) is 23.9 Å². The molecule has 3 aromatic rings. The van der Waals surface area contributed by atoms with Crippen molar-refractivity contribution in [3.05, 3.63) is 89.2 Å². The molecule has 3 heterocycles. The number of carbonyl (C=O) groups is 1. The van der Waals surface area contributed by atoms with Crippen LogP contribution < -0.4 is 16.8 Å². The van der Waals surface area contributed by atoms with E-state index in [1.165, 1.54) is 74.8 Å². The van der Waals surface area contributed by atoms with Crippen molar-refractivity contribution >= 4 is 23.5 Å². The standard InChI is InChI=1S/C38H49N7O2/c1-41-23-32(22-39)31-21-34(37(40)42-24-31)38(46)43-35-5-4-6-36(35)47-26-28-9-13-30(14-10-28)29-11-7-27(8-12-29)25-44-19-15-33(16-20-44)45-17-2-3-18-45/h7-14,21-24,33,35-36H,2-6,15-20,25-26,39H2,1H3,(H2,40,42)(H,43,46)/t35?,36-/m0/s1. The molecule has 1 amide bonds. The molecule has 2 saturated heterocycles. The lowest BCUT2D eigenvalue weighted by molar-refractivity contribution is 0.0272. The van der Waals surface area contributed by atoms with Gasteiger partial charge in [0.15, 0.2) is 0 Å². The van der Waals surface area contributed by atoms with E-state index in [0.717, 1.165) is 37.4 Å². The van der Waals surface area contributed by atoms with Crippen molar-refractivity contribution < 1.29 is 9.53 Å². The number of piperidine rings is 1. The molecule has 47 heavy (non-hydrogen) atoms. The third-order valence-corrected chi connectivity index (χ3v) is 10.0. The largest absolute Gasteiger partial charge is 0.404 e. The van der Waals surface area contributed by atoms with Crippen molar-refractivity contribution in [2.45, 2.75) is 76.3 Å². The fraction of sp³-hybridized carbons (Fsp3) is 0.447. The zero-order chi connectivity index (χ0) is 32.6. The molecule has 5 N–H and O–H groups in total. The summed E-state index contributed by atoms with van der Waals surface area (Å²) in [6.45, 7) is 6.52. The van der Waals surface area contributed by atoms with E-state index in [4.69, 9.17) is 16.2 Å². The highest BCUT2D eigenvalue weighted by Crippen LogP contribution is 2.27. The zero-order valence-corrected chi connectivity index (χ0v) is 27.6. The number of ether oxygens (including phenoxy) is 1. The van der Waals surface area contributed by atoms with Gasteiger partial charge in [-0.2, -0.15) is 0 Å². The number of nitrogen functional groups attached to an aromatic ring is 1. The number of allylic oxidation sites excluding steroid dienone is 1. The molecule has 1 aliphatic carbocycles. The van der Waals surface area contributed by atoms with Crippen LogP contribution in [0.3, 0.4) is 0 Å². The van der Waals surface area contributed by atoms with Crippen LogP contribution in [0.2, 0.25) is 0 Å². The van der Waals surface area contributed by atoms with E-state index in [1.54, 1.807) is 25.5 Å². The third kappa shape index (κ3) is 8.27. The van der Waals surface area contributed by atoms with Gasteiger partial charge in [-0.05, 0) is 99.4 Å². The summed E-state index contributed by atoms with van der Waals surface area (Å²) in [6.07, 6.45) is 12.7. The Morgan fingerprint density at radius 2 is 1.64 bits per heavy atom. The van der Waals surface area contributed by atoms with Crippen LogP contribution in [0.1, 0.15) is 72.0 Å². The van der Waals surface area contributed by atoms with E-state index < -0.39 is 0 Å². The van der Waals surface area contributed by atoms with Gasteiger partial charge in [0, 0.05) is 49.4 Å². The summed E-state index contributed by atoms with van der Waals surface area (Å²) in [5.74, 6) is -0.0890. The Morgan fingerprint density at radius 1 is 0.957 bits per heavy atom. The van der Waals surface area contributed by atoms with Gasteiger partial charge in [0.2, 0.25) is 0 Å². The molecule has 0 bridgehead atoms. The normalized spacial score (nSPS) is 21.5. The van der Waals surface area contributed by atoms with Gasteiger partial charge in [-0.3, -0.25) is 14.7 Å². The summed E-state index contributed by atoms with van der Waals surface area (Å²) in [5.41, 5.74) is 18.4. The maximum absolute atomic E-state index is 13.2. The Labute approximate surface area is 279 Å². The van der Waals surface area contributed by atoms with Crippen molar-refractivity contribution in [2.75, 3.05) is 39.0 Å². The van der Waals surface area contributed by atoms with Gasteiger partial charge >= 0.3 is 0 Å². The van der Waals surface area contributed by atoms with E-state index in [2.05, 4.69) is 73.6 Å². The van der Waals surface area contributed by atoms with Gasteiger partial charge < -0.3 is 26.4 Å². The molecule has 2 atom stereocenters. The second kappa shape index (κ2) is 15.7. The van der Waals surface area contributed by atoms with Crippen molar-refractivity contribution in [3.8, 4) is 11.1 Å². The van der Waals surface area contributed by atoms with Crippen molar-refractivity contribution in [3.63, 3.8) is 0 Å². The van der Waals surface area contributed by atoms with Crippen LogP contribution in [-0.2, 0) is 17.9 Å². The SMILES string of the molecule is CN=CC(=CN)c1cnc(N)c(C(=O)NC2CCC[C@@H]2OCc2ccc(-c3ccc(CN4CCC(N5CCCC5)CC4)cc3)cc2)c1. The maximum Gasteiger partial charge on any atom is 0.255 e.